The van der Waals surface area contributed by atoms with Crippen LogP contribution in [0.5, 0.6) is 0 Å². The molecule has 0 amide bonds. The molecule has 112 valence electrons. The lowest BCUT2D eigenvalue weighted by atomic mass is 9.77. The van der Waals surface area contributed by atoms with E-state index in [-0.39, 0.29) is 0 Å². The molecule has 0 saturated heterocycles. The maximum Gasteiger partial charge on any atom is 0.300 e. The number of aliphatic carboxylic acids is 1. The zero-order valence-electron chi connectivity index (χ0n) is 12.9. The molecule has 3 nitrogen and oxygen atoms in total. The van der Waals surface area contributed by atoms with Crippen LogP contribution in [-0.4, -0.2) is 22.2 Å². The second-order valence-electron chi connectivity index (χ2n) is 6.89. The van der Waals surface area contributed by atoms with E-state index in [1.807, 2.05) is 0 Å². The summed E-state index contributed by atoms with van der Waals surface area (Å²) in [6.07, 6.45) is 14.2. The van der Waals surface area contributed by atoms with E-state index in [1.54, 1.807) is 0 Å². The van der Waals surface area contributed by atoms with Crippen molar-refractivity contribution in [3.05, 3.63) is 0 Å². The van der Waals surface area contributed by atoms with E-state index in [0.717, 1.165) is 6.92 Å². The largest absolute Gasteiger partial charge is 0.481 e. The van der Waals surface area contributed by atoms with Crippen LogP contribution in [-0.2, 0) is 4.79 Å². The van der Waals surface area contributed by atoms with E-state index in [9.17, 15) is 0 Å². The third-order valence-electron chi connectivity index (χ3n) is 4.52. The quantitative estimate of drug-likeness (QED) is 0.793. The molecule has 2 aliphatic rings. The molecule has 2 fully saturated rings. The molecule has 0 radical (unpaired) electrons. The van der Waals surface area contributed by atoms with Crippen molar-refractivity contribution in [2.24, 2.45) is 0 Å². The van der Waals surface area contributed by atoms with Gasteiger partial charge in [0.15, 0.2) is 0 Å². The van der Waals surface area contributed by atoms with Crippen LogP contribution in [0, 0.1) is 0 Å². The molecular formula is C16H31NO2. The molecule has 0 unspecified atom stereocenters. The van der Waals surface area contributed by atoms with E-state index in [2.05, 4.69) is 19.2 Å². The normalized spacial score (nSPS) is 25.0. The first-order valence-electron chi connectivity index (χ1n) is 7.84. The zero-order valence-corrected chi connectivity index (χ0v) is 12.9. The fraction of sp³-hybridized carbons (Fsp3) is 0.938. The van der Waals surface area contributed by atoms with E-state index >= 15 is 0 Å². The smallest absolute Gasteiger partial charge is 0.300 e. The van der Waals surface area contributed by atoms with Gasteiger partial charge in [-0.05, 0) is 39.5 Å². The van der Waals surface area contributed by atoms with Gasteiger partial charge in [-0.1, -0.05) is 38.5 Å². The lowest BCUT2D eigenvalue weighted by Gasteiger charge is -2.45. The lowest BCUT2D eigenvalue weighted by Crippen LogP contribution is -2.56. The Bertz CT molecular complexity index is 250. The standard InChI is InChI=1S/C14H27N.C2H4O2/c1-13(9-5-3-6-10-13)15-14(2)11-7-4-8-12-14;1-2(3)4/h15H,3-12H2,1-2H3;1H3,(H,3,4). The molecule has 0 spiro atoms. The van der Waals surface area contributed by atoms with Gasteiger partial charge in [-0.15, -0.1) is 0 Å². The van der Waals surface area contributed by atoms with Gasteiger partial charge >= 0.3 is 0 Å². The summed E-state index contributed by atoms with van der Waals surface area (Å²) in [5, 5.41) is 11.4. The first kappa shape index (κ1) is 16.5. The van der Waals surface area contributed by atoms with E-state index in [0.29, 0.717) is 11.1 Å². The number of carboxylic acids is 1. The Labute approximate surface area is 118 Å². The average molecular weight is 269 g/mol. The van der Waals surface area contributed by atoms with Crippen LogP contribution in [0.15, 0.2) is 0 Å². The van der Waals surface area contributed by atoms with Crippen LogP contribution in [0.25, 0.3) is 0 Å². The van der Waals surface area contributed by atoms with Crippen molar-refractivity contribution in [3.63, 3.8) is 0 Å². The zero-order chi connectivity index (χ0) is 14.4. The Hall–Kier alpha value is -0.570. The van der Waals surface area contributed by atoms with Crippen molar-refractivity contribution < 1.29 is 9.90 Å². The van der Waals surface area contributed by atoms with Crippen molar-refractivity contribution in [2.75, 3.05) is 0 Å². The van der Waals surface area contributed by atoms with E-state index in [4.69, 9.17) is 9.90 Å². The number of hydrogen-bond donors (Lipinski definition) is 2. The van der Waals surface area contributed by atoms with Crippen LogP contribution in [0.2, 0.25) is 0 Å². The van der Waals surface area contributed by atoms with Gasteiger partial charge in [0.05, 0.1) is 0 Å². The van der Waals surface area contributed by atoms with Crippen LogP contribution in [0.3, 0.4) is 0 Å². The summed E-state index contributed by atoms with van der Waals surface area (Å²) < 4.78 is 0. The maximum atomic E-state index is 9.00. The van der Waals surface area contributed by atoms with Gasteiger partial charge in [0.1, 0.15) is 0 Å². The molecule has 0 aromatic heterocycles. The van der Waals surface area contributed by atoms with Crippen LogP contribution in [0.1, 0.15) is 85.0 Å². The van der Waals surface area contributed by atoms with Gasteiger partial charge in [0.25, 0.3) is 5.97 Å². The highest BCUT2D eigenvalue weighted by Gasteiger charge is 2.35. The van der Waals surface area contributed by atoms with Crippen LogP contribution in [0.4, 0.5) is 0 Å². The van der Waals surface area contributed by atoms with Crippen molar-refractivity contribution >= 4 is 5.97 Å². The Morgan fingerprint density at radius 1 is 0.842 bits per heavy atom. The van der Waals surface area contributed by atoms with Crippen molar-refractivity contribution in [1.82, 2.24) is 5.32 Å². The first-order chi connectivity index (χ1) is 8.85. The van der Waals surface area contributed by atoms with Gasteiger partial charge in [0.2, 0.25) is 0 Å². The molecule has 0 aromatic carbocycles. The molecule has 0 aromatic rings. The summed E-state index contributed by atoms with van der Waals surface area (Å²) in [5.74, 6) is -0.833. The SMILES string of the molecule is CC(=O)O.CC1(NC2(C)CCCCC2)CCCCC1. The molecule has 0 aliphatic heterocycles. The van der Waals surface area contributed by atoms with Gasteiger partial charge < -0.3 is 10.4 Å². The Kier molecular flexibility index (Phi) is 6.31. The highest BCUT2D eigenvalue weighted by molar-refractivity contribution is 5.62. The molecule has 19 heavy (non-hydrogen) atoms. The molecule has 2 aliphatic carbocycles. The molecule has 0 heterocycles. The van der Waals surface area contributed by atoms with Crippen LogP contribution < -0.4 is 5.32 Å². The van der Waals surface area contributed by atoms with Crippen LogP contribution >= 0.6 is 0 Å². The van der Waals surface area contributed by atoms with Gasteiger partial charge in [-0.25, -0.2) is 0 Å². The minimum Gasteiger partial charge on any atom is -0.481 e. The lowest BCUT2D eigenvalue weighted by molar-refractivity contribution is -0.134. The molecule has 2 saturated carbocycles. The predicted molar refractivity (Wildman–Crippen MR) is 79.4 cm³/mol. The minimum atomic E-state index is -0.833. The second-order valence-corrected chi connectivity index (χ2v) is 6.89. The topological polar surface area (TPSA) is 49.3 Å². The molecule has 0 bridgehead atoms. The predicted octanol–water partition coefficient (Wildman–Crippen LogP) is 4.11. The fourth-order valence-electron chi connectivity index (χ4n) is 3.64. The van der Waals surface area contributed by atoms with Gasteiger partial charge in [-0.2, -0.15) is 0 Å². The number of carbonyl (C=O) groups is 1. The Balaban J connectivity index is 0.000000399. The Morgan fingerprint density at radius 3 is 1.37 bits per heavy atom. The fourth-order valence-corrected chi connectivity index (χ4v) is 3.64. The van der Waals surface area contributed by atoms with Crippen molar-refractivity contribution in [3.8, 4) is 0 Å². The minimum absolute atomic E-state index is 0.449. The number of carboxylic acid groups (broad SMARTS) is 1. The first-order valence-corrected chi connectivity index (χ1v) is 7.84. The van der Waals surface area contributed by atoms with Gasteiger partial charge in [-0.3, -0.25) is 4.79 Å². The average Bonchev–Trinajstić information content (AvgIpc) is 2.28. The molecule has 0 atom stereocenters. The summed E-state index contributed by atoms with van der Waals surface area (Å²) >= 11 is 0. The summed E-state index contributed by atoms with van der Waals surface area (Å²) in [4.78, 5) is 9.00. The molecular weight excluding hydrogens is 238 g/mol. The van der Waals surface area contributed by atoms with E-state index in [1.165, 1.54) is 64.2 Å². The van der Waals surface area contributed by atoms with Gasteiger partial charge in [0, 0.05) is 18.0 Å². The molecule has 3 heteroatoms. The monoisotopic (exact) mass is 269 g/mol. The summed E-state index contributed by atoms with van der Waals surface area (Å²) in [6, 6.07) is 0. The summed E-state index contributed by atoms with van der Waals surface area (Å²) in [7, 11) is 0. The summed E-state index contributed by atoms with van der Waals surface area (Å²) in [5.41, 5.74) is 0.898. The highest BCUT2D eigenvalue weighted by Crippen LogP contribution is 2.34. The number of hydrogen-bond acceptors (Lipinski definition) is 2. The third kappa shape index (κ3) is 6.42. The van der Waals surface area contributed by atoms with Crippen molar-refractivity contribution in [2.45, 2.75) is 96.1 Å². The summed E-state index contributed by atoms with van der Waals surface area (Å²) in [6.45, 7) is 5.98. The third-order valence-corrected chi connectivity index (χ3v) is 4.52. The number of rotatable bonds is 2. The number of nitrogens with one attached hydrogen (secondary N) is 1. The highest BCUT2D eigenvalue weighted by atomic mass is 16.4. The Morgan fingerprint density at radius 2 is 1.11 bits per heavy atom. The molecule has 2 rings (SSSR count). The second kappa shape index (κ2) is 7.28. The van der Waals surface area contributed by atoms with Crippen molar-refractivity contribution in [1.29, 1.82) is 0 Å². The molecule has 2 N–H and O–H groups in total. The van der Waals surface area contributed by atoms with E-state index < -0.39 is 5.97 Å². The maximum absolute atomic E-state index is 9.00.